The molecule has 0 bridgehead atoms. The fourth-order valence-corrected chi connectivity index (χ4v) is 3.56. The summed E-state index contributed by atoms with van der Waals surface area (Å²) in [6.07, 6.45) is 1.58. The Kier molecular flexibility index (Phi) is 5.36. The molecule has 1 amide bonds. The third-order valence-corrected chi connectivity index (χ3v) is 4.66. The quantitative estimate of drug-likeness (QED) is 0.906. The monoisotopic (exact) mass is 311 g/mol. The summed E-state index contributed by atoms with van der Waals surface area (Å²) < 4.78 is 5.40. The molecule has 0 radical (unpaired) electrons. The second kappa shape index (κ2) is 7.04. The zero-order valence-corrected chi connectivity index (χ0v) is 13.2. The Morgan fingerprint density at radius 3 is 2.95 bits per heavy atom. The van der Waals surface area contributed by atoms with Gasteiger partial charge in [-0.15, -0.1) is 11.3 Å². The molecule has 21 heavy (non-hydrogen) atoms. The molecule has 0 saturated carbocycles. The predicted octanol–water partition coefficient (Wildman–Crippen LogP) is 2.32. The highest BCUT2D eigenvalue weighted by molar-refractivity contribution is 7.14. The Morgan fingerprint density at radius 2 is 2.29 bits per heavy atom. The van der Waals surface area contributed by atoms with E-state index in [2.05, 4.69) is 6.92 Å². The van der Waals surface area contributed by atoms with Gasteiger partial charge in [0, 0.05) is 18.0 Å². The third-order valence-electron chi connectivity index (χ3n) is 3.58. The molecule has 1 atom stereocenters. The Morgan fingerprint density at radius 1 is 1.52 bits per heavy atom. The second-order valence-corrected chi connectivity index (χ2v) is 6.54. The van der Waals surface area contributed by atoms with Gasteiger partial charge in [0.25, 0.3) is 5.91 Å². The number of morpholine rings is 1. The van der Waals surface area contributed by atoms with Gasteiger partial charge < -0.3 is 14.7 Å². The highest BCUT2D eigenvalue weighted by Crippen LogP contribution is 2.25. The fraction of sp³-hybridized carbons (Fsp3) is 0.600. The molecule has 1 saturated heterocycles. The van der Waals surface area contributed by atoms with Crippen LogP contribution in [0.25, 0.3) is 0 Å². The minimum atomic E-state index is -0.897. The molecule has 1 fully saturated rings. The number of nitrogens with zero attached hydrogens (tertiary/aromatic N) is 1. The number of hydrogen-bond donors (Lipinski definition) is 1. The van der Waals surface area contributed by atoms with Crippen LogP contribution in [0.3, 0.4) is 0 Å². The normalized spacial score (nSPS) is 18.8. The molecule has 6 heteroatoms. The molecule has 2 heterocycles. The predicted molar refractivity (Wildman–Crippen MR) is 80.9 cm³/mol. The number of carbonyl (C=O) groups excluding carboxylic acids is 1. The summed E-state index contributed by atoms with van der Waals surface area (Å²) in [7, 11) is 0. The van der Waals surface area contributed by atoms with Crippen molar-refractivity contribution in [1.82, 2.24) is 4.90 Å². The van der Waals surface area contributed by atoms with Crippen LogP contribution in [0, 0.1) is 6.92 Å². The van der Waals surface area contributed by atoms with E-state index < -0.39 is 12.1 Å². The highest BCUT2D eigenvalue weighted by atomic mass is 32.1. The first-order valence-electron chi connectivity index (χ1n) is 7.23. The average Bonchev–Trinajstić information content (AvgIpc) is 2.79. The summed E-state index contributed by atoms with van der Waals surface area (Å²) in [5.74, 6) is -0.907. The van der Waals surface area contributed by atoms with Crippen molar-refractivity contribution in [2.45, 2.75) is 39.2 Å². The molecule has 2 rings (SSSR count). The van der Waals surface area contributed by atoms with Gasteiger partial charge in [0.15, 0.2) is 0 Å². The second-order valence-electron chi connectivity index (χ2n) is 5.28. The van der Waals surface area contributed by atoms with Crippen LogP contribution in [-0.2, 0) is 16.0 Å². The lowest BCUT2D eigenvalue weighted by atomic mass is 10.1. The van der Waals surface area contributed by atoms with Crippen molar-refractivity contribution in [3.63, 3.8) is 0 Å². The molecule has 0 unspecified atom stereocenters. The van der Waals surface area contributed by atoms with E-state index in [4.69, 9.17) is 9.84 Å². The number of carbonyl (C=O) groups is 2. The van der Waals surface area contributed by atoms with Crippen LogP contribution in [0.15, 0.2) is 6.07 Å². The Hall–Kier alpha value is -1.40. The van der Waals surface area contributed by atoms with Crippen molar-refractivity contribution in [1.29, 1.82) is 0 Å². The van der Waals surface area contributed by atoms with E-state index in [-0.39, 0.29) is 12.3 Å². The number of rotatable bonds is 5. The molecule has 116 valence electrons. The van der Waals surface area contributed by atoms with E-state index in [0.717, 1.165) is 17.7 Å². The van der Waals surface area contributed by atoms with Gasteiger partial charge in [-0.3, -0.25) is 9.59 Å². The fourth-order valence-electron chi connectivity index (χ4n) is 2.52. The molecule has 0 spiro atoms. The number of ether oxygens (including phenoxy) is 1. The van der Waals surface area contributed by atoms with Crippen LogP contribution in [-0.4, -0.2) is 47.7 Å². The summed E-state index contributed by atoms with van der Waals surface area (Å²) in [5, 5.41) is 8.83. The molecule has 0 aliphatic carbocycles. The van der Waals surface area contributed by atoms with Crippen LogP contribution in [0.4, 0.5) is 0 Å². The summed E-state index contributed by atoms with van der Waals surface area (Å²) in [5.41, 5.74) is 1.24. The van der Waals surface area contributed by atoms with Crippen LogP contribution < -0.4 is 0 Å². The van der Waals surface area contributed by atoms with E-state index in [1.807, 2.05) is 13.0 Å². The van der Waals surface area contributed by atoms with Crippen molar-refractivity contribution in [2.75, 3.05) is 19.7 Å². The first-order chi connectivity index (χ1) is 10.0. The molecule has 1 aliphatic heterocycles. The molecular weight excluding hydrogens is 290 g/mol. The Balaban J connectivity index is 2.05. The molecular formula is C15H21NO4S. The third kappa shape index (κ3) is 4.04. The first-order valence-corrected chi connectivity index (χ1v) is 8.05. The van der Waals surface area contributed by atoms with Gasteiger partial charge in [0.05, 0.1) is 24.0 Å². The molecule has 1 aromatic heterocycles. The molecule has 0 aromatic carbocycles. The largest absolute Gasteiger partial charge is 0.481 e. The number of amides is 1. The van der Waals surface area contributed by atoms with Gasteiger partial charge in [-0.25, -0.2) is 0 Å². The number of carboxylic acid groups (broad SMARTS) is 1. The number of aliphatic carboxylic acids is 1. The minimum absolute atomic E-state index is 0.0101. The summed E-state index contributed by atoms with van der Waals surface area (Å²) >= 11 is 1.52. The van der Waals surface area contributed by atoms with E-state index in [1.165, 1.54) is 21.8 Å². The molecule has 1 aromatic rings. The number of aryl methyl sites for hydroxylation is 2. The maximum atomic E-state index is 12.5. The van der Waals surface area contributed by atoms with Gasteiger partial charge in [0.2, 0.25) is 0 Å². The van der Waals surface area contributed by atoms with Gasteiger partial charge in [0.1, 0.15) is 0 Å². The molecule has 5 nitrogen and oxygen atoms in total. The Bertz CT molecular complexity index is 526. The minimum Gasteiger partial charge on any atom is -0.481 e. The standard InChI is InChI=1S/C15H21NO4S/c1-3-4-11-7-13(21-10(11)2)15(19)16-5-6-20-12(9-16)8-14(17)18/h7,12H,3-6,8-9H2,1-2H3,(H,17,18)/t12-/m1/s1. The summed E-state index contributed by atoms with van der Waals surface area (Å²) in [6, 6.07) is 1.98. The van der Waals surface area contributed by atoms with Crippen LogP contribution in [0.1, 0.15) is 39.9 Å². The zero-order valence-electron chi connectivity index (χ0n) is 12.4. The summed E-state index contributed by atoms with van der Waals surface area (Å²) in [6.45, 7) is 5.44. The van der Waals surface area contributed by atoms with Crippen LogP contribution in [0.2, 0.25) is 0 Å². The van der Waals surface area contributed by atoms with Crippen LogP contribution >= 0.6 is 11.3 Å². The number of carboxylic acids is 1. The van der Waals surface area contributed by atoms with Crippen LogP contribution in [0.5, 0.6) is 0 Å². The van der Waals surface area contributed by atoms with Crippen molar-refractivity contribution in [2.24, 2.45) is 0 Å². The zero-order chi connectivity index (χ0) is 15.4. The maximum Gasteiger partial charge on any atom is 0.306 e. The maximum absolute atomic E-state index is 12.5. The van der Waals surface area contributed by atoms with E-state index in [0.29, 0.717) is 19.7 Å². The highest BCUT2D eigenvalue weighted by Gasteiger charge is 2.27. The van der Waals surface area contributed by atoms with E-state index in [9.17, 15) is 9.59 Å². The van der Waals surface area contributed by atoms with Crippen molar-refractivity contribution < 1.29 is 19.4 Å². The lowest BCUT2D eigenvalue weighted by Crippen LogP contribution is -2.46. The van der Waals surface area contributed by atoms with Crippen molar-refractivity contribution >= 4 is 23.2 Å². The average molecular weight is 311 g/mol. The van der Waals surface area contributed by atoms with Gasteiger partial charge in [-0.1, -0.05) is 13.3 Å². The Labute approximate surface area is 128 Å². The van der Waals surface area contributed by atoms with E-state index >= 15 is 0 Å². The van der Waals surface area contributed by atoms with Gasteiger partial charge in [-0.2, -0.15) is 0 Å². The van der Waals surface area contributed by atoms with E-state index in [1.54, 1.807) is 4.90 Å². The topological polar surface area (TPSA) is 66.8 Å². The van der Waals surface area contributed by atoms with Crippen molar-refractivity contribution in [3.05, 3.63) is 21.4 Å². The molecule has 1 N–H and O–H groups in total. The van der Waals surface area contributed by atoms with Gasteiger partial charge in [-0.05, 0) is 25.0 Å². The number of hydrogen-bond acceptors (Lipinski definition) is 4. The van der Waals surface area contributed by atoms with Crippen molar-refractivity contribution in [3.8, 4) is 0 Å². The summed E-state index contributed by atoms with van der Waals surface area (Å²) in [4.78, 5) is 26.9. The smallest absolute Gasteiger partial charge is 0.306 e. The SMILES string of the molecule is CCCc1cc(C(=O)N2CCO[C@H](CC(=O)O)C2)sc1C. The lowest BCUT2D eigenvalue weighted by Gasteiger charge is -2.32. The van der Waals surface area contributed by atoms with Gasteiger partial charge >= 0.3 is 5.97 Å². The lowest BCUT2D eigenvalue weighted by molar-refractivity contribution is -0.141. The number of thiophene rings is 1. The first kappa shape index (κ1) is 16.0. The molecule has 1 aliphatic rings.